The summed E-state index contributed by atoms with van der Waals surface area (Å²) in [6.45, 7) is 0. The molecular formula is C12H10ClFN2O2. The Labute approximate surface area is 108 Å². The first kappa shape index (κ1) is 12.6. The van der Waals surface area contributed by atoms with Gasteiger partial charge < -0.3 is 5.11 Å². The lowest BCUT2D eigenvalue weighted by atomic mass is 10.1. The van der Waals surface area contributed by atoms with E-state index in [4.69, 9.17) is 16.7 Å². The lowest BCUT2D eigenvalue weighted by Crippen LogP contribution is -2.05. The largest absolute Gasteiger partial charge is 0.481 e. The molecule has 2 rings (SSSR count). The number of aromatic nitrogens is 2. The summed E-state index contributed by atoms with van der Waals surface area (Å²) in [5.41, 5.74) is 1.78. The van der Waals surface area contributed by atoms with Crippen molar-refractivity contribution < 1.29 is 14.3 Å². The maximum Gasteiger partial charge on any atom is 0.309 e. The van der Waals surface area contributed by atoms with Crippen LogP contribution in [0.1, 0.15) is 5.69 Å². The highest BCUT2D eigenvalue weighted by atomic mass is 35.5. The van der Waals surface area contributed by atoms with Crippen molar-refractivity contribution in [3.05, 3.63) is 40.8 Å². The Hall–Kier alpha value is -1.88. The number of benzene rings is 1. The van der Waals surface area contributed by atoms with Gasteiger partial charge in [0.15, 0.2) is 0 Å². The van der Waals surface area contributed by atoms with Crippen LogP contribution in [0, 0.1) is 5.82 Å². The van der Waals surface area contributed by atoms with Crippen LogP contribution in [-0.4, -0.2) is 20.9 Å². The number of carbonyl (C=O) groups is 1. The van der Waals surface area contributed by atoms with Crippen molar-refractivity contribution in [2.24, 2.45) is 7.05 Å². The molecule has 0 amide bonds. The number of halogens is 2. The molecule has 0 bridgehead atoms. The minimum atomic E-state index is -0.929. The van der Waals surface area contributed by atoms with Crippen LogP contribution in [0.3, 0.4) is 0 Å². The van der Waals surface area contributed by atoms with Gasteiger partial charge in [0.05, 0.1) is 17.1 Å². The first-order valence-electron chi connectivity index (χ1n) is 5.17. The number of hydrogen-bond donors (Lipinski definition) is 1. The third-order valence-corrected chi connectivity index (χ3v) is 2.81. The second-order valence-electron chi connectivity index (χ2n) is 3.84. The summed E-state index contributed by atoms with van der Waals surface area (Å²) in [7, 11) is 1.66. The third-order valence-electron chi connectivity index (χ3n) is 2.52. The van der Waals surface area contributed by atoms with E-state index < -0.39 is 11.8 Å². The van der Waals surface area contributed by atoms with Gasteiger partial charge in [0.2, 0.25) is 0 Å². The predicted octanol–water partition coefficient (Wildman–Crippen LogP) is 2.51. The second-order valence-corrected chi connectivity index (χ2v) is 4.25. The zero-order chi connectivity index (χ0) is 13.3. The summed E-state index contributed by atoms with van der Waals surface area (Å²) in [6.07, 6.45) is -0.113. The fourth-order valence-electron chi connectivity index (χ4n) is 1.62. The van der Waals surface area contributed by atoms with Crippen molar-refractivity contribution in [2.75, 3.05) is 0 Å². The molecule has 0 radical (unpaired) electrons. The van der Waals surface area contributed by atoms with E-state index in [2.05, 4.69) is 5.10 Å². The van der Waals surface area contributed by atoms with E-state index in [0.29, 0.717) is 17.0 Å². The van der Waals surface area contributed by atoms with Gasteiger partial charge in [-0.05, 0) is 24.3 Å². The number of carboxylic acids is 1. The number of aryl methyl sites for hydroxylation is 1. The molecule has 0 unspecified atom stereocenters. The van der Waals surface area contributed by atoms with E-state index in [-0.39, 0.29) is 11.4 Å². The molecule has 18 heavy (non-hydrogen) atoms. The van der Waals surface area contributed by atoms with E-state index in [1.165, 1.54) is 16.8 Å². The zero-order valence-electron chi connectivity index (χ0n) is 9.52. The molecule has 0 fully saturated rings. The molecule has 1 N–H and O–H groups in total. The molecule has 1 aromatic carbocycles. The van der Waals surface area contributed by atoms with Crippen molar-refractivity contribution in [3.63, 3.8) is 0 Å². The standard InChI is InChI=1S/C12H10ClFN2O2/c1-16-8(6-12(17)18)5-11(15-16)7-2-3-10(14)9(13)4-7/h2-5H,6H2,1H3,(H,17,18). The number of carboxylic acid groups (broad SMARTS) is 1. The fraction of sp³-hybridized carbons (Fsp3) is 0.167. The first-order chi connectivity index (χ1) is 8.47. The molecule has 0 aliphatic carbocycles. The maximum absolute atomic E-state index is 13.0. The summed E-state index contributed by atoms with van der Waals surface area (Å²) < 4.78 is 14.5. The molecule has 6 heteroatoms. The molecule has 0 saturated heterocycles. The van der Waals surface area contributed by atoms with Crippen LogP contribution >= 0.6 is 11.6 Å². The molecular weight excluding hydrogens is 259 g/mol. The van der Waals surface area contributed by atoms with Crippen molar-refractivity contribution in [1.82, 2.24) is 9.78 Å². The van der Waals surface area contributed by atoms with Crippen LogP contribution in [0.5, 0.6) is 0 Å². The summed E-state index contributed by atoms with van der Waals surface area (Å²) >= 11 is 5.69. The number of hydrogen-bond acceptors (Lipinski definition) is 2. The molecule has 1 heterocycles. The molecule has 0 atom stereocenters. The van der Waals surface area contributed by atoms with Crippen LogP contribution in [0.25, 0.3) is 11.3 Å². The lowest BCUT2D eigenvalue weighted by Gasteiger charge is -1.98. The molecule has 4 nitrogen and oxygen atoms in total. The second kappa shape index (κ2) is 4.78. The summed E-state index contributed by atoms with van der Waals surface area (Å²) in [5, 5.41) is 12.9. The van der Waals surface area contributed by atoms with E-state index in [1.54, 1.807) is 19.2 Å². The smallest absolute Gasteiger partial charge is 0.309 e. The number of aliphatic carboxylic acids is 1. The van der Waals surface area contributed by atoms with Crippen LogP contribution in [0.15, 0.2) is 24.3 Å². The van der Waals surface area contributed by atoms with Crippen LogP contribution in [0.4, 0.5) is 4.39 Å². The van der Waals surface area contributed by atoms with Gasteiger partial charge >= 0.3 is 5.97 Å². The first-order valence-corrected chi connectivity index (χ1v) is 5.55. The monoisotopic (exact) mass is 268 g/mol. The number of rotatable bonds is 3. The highest BCUT2D eigenvalue weighted by Gasteiger charge is 2.11. The van der Waals surface area contributed by atoms with E-state index in [0.717, 1.165) is 0 Å². The Kier molecular flexibility index (Phi) is 3.34. The molecule has 0 aliphatic heterocycles. The molecule has 0 spiro atoms. The Bertz CT molecular complexity index is 610. The Morgan fingerprint density at radius 3 is 2.83 bits per heavy atom. The van der Waals surface area contributed by atoms with Crippen molar-refractivity contribution in [2.45, 2.75) is 6.42 Å². The summed E-state index contributed by atoms with van der Waals surface area (Å²) in [6, 6.07) is 5.92. The highest BCUT2D eigenvalue weighted by molar-refractivity contribution is 6.31. The summed E-state index contributed by atoms with van der Waals surface area (Å²) in [5.74, 6) is -1.43. The van der Waals surface area contributed by atoms with Gasteiger partial charge in [-0.1, -0.05) is 11.6 Å². The van der Waals surface area contributed by atoms with Crippen LogP contribution in [0.2, 0.25) is 5.02 Å². The SMILES string of the molecule is Cn1nc(-c2ccc(F)c(Cl)c2)cc1CC(=O)O. The third kappa shape index (κ3) is 2.51. The van der Waals surface area contributed by atoms with E-state index in [1.807, 2.05) is 0 Å². The van der Waals surface area contributed by atoms with Gasteiger partial charge in [0.1, 0.15) is 5.82 Å². The molecule has 0 saturated carbocycles. The Morgan fingerprint density at radius 1 is 1.50 bits per heavy atom. The van der Waals surface area contributed by atoms with E-state index in [9.17, 15) is 9.18 Å². The average Bonchev–Trinajstić information content (AvgIpc) is 2.63. The van der Waals surface area contributed by atoms with Crippen molar-refractivity contribution >= 4 is 17.6 Å². The normalized spacial score (nSPS) is 10.6. The highest BCUT2D eigenvalue weighted by Crippen LogP contribution is 2.24. The molecule has 0 aliphatic rings. The van der Waals surface area contributed by atoms with Crippen molar-refractivity contribution in [3.8, 4) is 11.3 Å². The molecule has 94 valence electrons. The Morgan fingerprint density at radius 2 is 2.22 bits per heavy atom. The van der Waals surface area contributed by atoms with Crippen LogP contribution < -0.4 is 0 Å². The topological polar surface area (TPSA) is 55.1 Å². The van der Waals surface area contributed by atoms with Gasteiger partial charge in [-0.25, -0.2) is 4.39 Å². The molecule has 2 aromatic rings. The maximum atomic E-state index is 13.0. The van der Waals surface area contributed by atoms with Crippen LogP contribution in [-0.2, 0) is 18.3 Å². The van der Waals surface area contributed by atoms with Gasteiger partial charge in [-0.15, -0.1) is 0 Å². The lowest BCUT2D eigenvalue weighted by molar-refractivity contribution is -0.136. The van der Waals surface area contributed by atoms with Gasteiger partial charge in [0.25, 0.3) is 0 Å². The van der Waals surface area contributed by atoms with E-state index >= 15 is 0 Å². The predicted molar refractivity (Wildman–Crippen MR) is 65.0 cm³/mol. The quantitative estimate of drug-likeness (QED) is 0.931. The Balaban J connectivity index is 2.39. The van der Waals surface area contributed by atoms with Gasteiger partial charge in [-0.2, -0.15) is 5.10 Å². The van der Waals surface area contributed by atoms with Gasteiger partial charge in [-0.3, -0.25) is 9.48 Å². The fourth-order valence-corrected chi connectivity index (χ4v) is 1.80. The minimum Gasteiger partial charge on any atom is -0.481 e. The zero-order valence-corrected chi connectivity index (χ0v) is 10.3. The average molecular weight is 269 g/mol. The van der Waals surface area contributed by atoms with Crippen molar-refractivity contribution in [1.29, 1.82) is 0 Å². The number of nitrogens with zero attached hydrogens (tertiary/aromatic N) is 2. The minimum absolute atomic E-state index is 0.0120. The summed E-state index contributed by atoms with van der Waals surface area (Å²) in [4.78, 5) is 10.7. The van der Waals surface area contributed by atoms with Gasteiger partial charge in [0, 0.05) is 18.3 Å². The molecule has 1 aromatic heterocycles.